The summed E-state index contributed by atoms with van der Waals surface area (Å²) < 4.78 is 54.6. The number of nitrogens with two attached hydrogens (primary N) is 1. The normalized spacial score (nSPS) is 16.1. The van der Waals surface area contributed by atoms with E-state index in [-0.39, 0.29) is 15.4 Å². The van der Waals surface area contributed by atoms with Crippen molar-refractivity contribution in [2.24, 2.45) is 5.14 Å². The molecule has 2 aromatic rings. The summed E-state index contributed by atoms with van der Waals surface area (Å²) in [7, 11) is -7.47. The van der Waals surface area contributed by atoms with E-state index in [4.69, 9.17) is 9.88 Å². The first-order chi connectivity index (χ1) is 15.5. The Morgan fingerprint density at radius 1 is 0.909 bits per heavy atom. The molecule has 1 heterocycles. The monoisotopic (exact) mass is 495 g/mol. The molecule has 2 aromatic carbocycles. The molecule has 1 saturated heterocycles. The molecule has 0 bridgehead atoms. The number of nitrogens with one attached hydrogen (secondary N) is 1. The van der Waals surface area contributed by atoms with Crippen molar-refractivity contribution in [2.75, 3.05) is 18.4 Å². The van der Waals surface area contributed by atoms with Crippen LogP contribution in [0.2, 0.25) is 0 Å². The number of esters is 1. The van der Waals surface area contributed by atoms with Gasteiger partial charge in [-0.05, 0) is 68.3 Å². The van der Waals surface area contributed by atoms with Crippen LogP contribution in [0.1, 0.15) is 36.5 Å². The van der Waals surface area contributed by atoms with Crippen molar-refractivity contribution in [2.45, 2.75) is 42.1 Å². The summed E-state index contributed by atoms with van der Waals surface area (Å²) in [6.45, 7) is 2.33. The largest absolute Gasteiger partial charge is 0.449 e. The first-order valence-corrected chi connectivity index (χ1v) is 13.2. The van der Waals surface area contributed by atoms with E-state index < -0.39 is 38.0 Å². The van der Waals surface area contributed by atoms with Gasteiger partial charge in [-0.3, -0.25) is 4.79 Å². The summed E-state index contributed by atoms with van der Waals surface area (Å²) >= 11 is 0. The van der Waals surface area contributed by atoms with Crippen LogP contribution in [0.15, 0.2) is 58.3 Å². The number of hydrogen-bond donors (Lipinski definition) is 2. The molecule has 0 aromatic heterocycles. The third-order valence-corrected chi connectivity index (χ3v) is 7.99. The smallest absolute Gasteiger partial charge is 0.338 e. The molecule has 3 rings (SSSR count). The first kappa shape index (κ1) is 24.8. The fourth-order valence-electron chi connectivity index (χ4n) is 3.27. The minimum atomic E-state index is -3.85. The third kappa shape index (κ3) is 6.16. The maximum atomic E-state index is 12.7. The summed E-state index contributed by atoms with van der Waals surface area (Å²) in [6.07, 6.45) is 1.48. The van der Waals surface area contributed by atoms with Crippen molar-refractivity contribution in [3.63, 3.8) is 0 Å². The molecule has 0 spiro atoms. The number of carbonyl (C=O) groups excluding carboxylic acids is 2. The van der Waals surface area contributed by atoms with Gasteiger partial charge in [0, 0.05) is 18.8 Å². The van der Waals surface area contributed by atoms with Crippen LogP contribution >= 0.6 is 0 Å². The Kier molecular flexibility index (Phi) is 7.52. The van der Waals surface area contributed by atoms with Crippen LogP contribution in [0.25, 0.3) is 0 Å². The zero-order valence-corrected chi connectivity index (χ0v) is 19.6. The number of amides is 1. The van der Waals surface area contributed by atoms with Crippen LogP contribution in [-0.4, -0.2) is 52.2 Å². The zero-order valence-electron chi connectivity index (χ0n) is 17.9. The number of anilines is 1. The lowest BCUT2D eigenvalue weighted by molar-refractivity contribution is -0.123. The predicted molar refractivity (Wildman–Crippen MR) is 120 cm³/mol. The molecule has 3 N–H and O–H groups in total. The van der Waals surface area contributed by atoms with Gasteiger partial charge in [0.25, 0.3) is 5.91 Å². The lowest BCUT2D eigenvalue weighted by Crippen LogP contribution is -2.35. The Hall–Kier alpha value is -2.80. The lowest BCUT2D eigenvalue weighted by Gasteiger charge is -2.25. The van der Waals surface area contributed by atoms with E-state index in [0.29, 0.717) is 18.8 Å². The number of hydrogen-bond acceptors (Lipinski definition) is 7. The number of carbonyl (C=O) groups is 2. The van der Waals surface area contributed by atoms with Crippen LogP contribution in [0, 0.1) is 0 Å². The second-order valence-corrected chi connectivity index (χ2v) is 11.1. The molecule has 1 aliphatic heterocycles. The second-order valence-electron chi connectivity index (χ2n) is 7.60. The zero-order chi connectivity index (χ0) is 24.2. The summed E-state index contributed by atoms with van der Waals surface area (Å²) in [4.78, 5) is 24.7. The molecule has 1 fully saturated rings. The maximum Gasteiger partial charge on any atom is 0.338 e. The van der Waals surface area contributed by atoms with E-state index in [1.807, 2.05) is 0 Å². The van der Waals surface area contributed by atoms with E-state index in [0.717, 1.165) is 19.3 Å². The Labute approximate surface area is 192 Å². The van der Waals surface area contributed by atoms with Crippen molar-refractivity contribution in [3.8, 4) is 0 Å². The van der Waals surface area contributed by atoms with Crippen molar-refractivity contribution < 1.29 is 31.2 Å². The van der Waals surface area contributed by atoms with Crippen molar-refractivity contribution >= 4 is 37.6 Å². The number of ether oxygens (including phenoxy) is 1. The highest BCUT2D eigenvalue weighted by molar-refractivity contribution is 7.89. The Morgan fingerprint density at radius 3 is 2.00 bits per heavy atom. The van der Waals surface area contributed by atoms with E-state index in [9.17, 15) is 26.4 Å². The van der Waals surface area contributed by atoms with Crippen LogP contribution in [0.3, 0.4) is 0 Å². The molecule has 1 atom stereocenters. The van der Waals surface area contributed by atoms with E-state index >= 15 is 0 Å². The highest BCUT2D eigenvalue weighted by atomic mass is 32.2. The van der Waals surface area contributed by atoms with Gasteiger partial charge in [0.1, 0.15) is 0 Å². The van der Waals surface area contributed by atoms with E-state index in [1.165, 1.54) is 59.8 Å². The molecular formula is C21H25N3O7S2. The Bertz CT molecular complexity index is 1220. The van der Waals surface area contributed by atoms with Crippen molar-refractivity contribution in [3.05, 3.63) is 54.1 Å². The third-order valence-electron chi connectivity index (χ3n) is 5.15. The molecule has 1 unspecified atom stereocenters. The molecule has 178 valence electrons. The number of benzene rings is 2. The van der Waals surface area contributed by atoms with Gasteiger partial charge in [-0.25, -0.2) is 26.8 Å². The van der Waals surface area contributed by atoms with Crippen LogP contribution < -0.4 is 10.5 Å². The number of piperidine rings is 1. The highest BCUT2D eigenvalue weighted by Gasteiger charge is 2.26. The molecule has 33 heavy (non-hydrogen) atoms. The van der Waals surface area contributed by atoms with Gasteiger partial charge in [-0.2, -0.15) is 4.31 Å². The molecule has 0 aliphatic carbocycles. The van der Waals surface area contributed by atoms with Crippen molar-refractivity contribution in [1.29, 1.82) is 0 Å². The maximum absolute atomic E-state index is 12.7. The summed E-state index contributed by atoms with van der Waals surface area (Å²) in [5, 5.41) is 7.53. The fraction of sp³-hybridized carbons (Fsp3) is 0.333. The minimum Gasteiger partial charge on any atom is -0.449 e. The molecule has 12 heteroatoms. The van der Waals surface area contributed by atoms with Gasteiger partial charge < -0.3 is 10.1 Å². The summed E-state index contributed by atoms with van der Waals surface area (Å²) in [6, 6.07) is 10.6. The average molecular weight is 496 g/mol. The number of sulfonamides is 2. The second kappa shape index (κ2) is 10.00. The topological polar surface area (TPSA) is 153 Å². The summed E-state index contributed by atoms with van der Waals surface area (Å²) in [5.41, 5.74) is 0.396. The van der Waals surface area contributed by atoms with Gasteiger partial charge in [0.05, 0.1) is 15.4 Å². The van der Waals surface area contributed by atoms with Crippen LogP contribution in [0.5, 0.6) is 0 Å². The predicted octanol–water partition coefficient (Wildman–Crippen LogP) is 1.69. The molecule has 1 amide bonds. The number of nitrogens with zero attached hydrogens (tertiary/aromatic N) is 1. The Morgan fingerprint density at radius 2 is 1.45 bits per heavy atom. The summed E-state index contributed by atoms with van der Waals surface area (Å²) in [5.74, 6) is -1.42. The van der Waals surface area contributed by atoms with Crippen molar-refractivity contribution in [1.82, 2.24) is 4.31 Å². The van der Waals surface area contributed by atoms with Gasteiger partial charge in [0.15, 0.2) is 6.10 Å². The van der Waals surface area contributed by atoms with E-state index in [1.54, 1.807) is 0 Å². The van der Waals surface area contributed by atoms with Gasteiger partial charge in [-0.15, -0.1) is 0 Å². The standard InChI is InChI=1S/C21H25N3O7S2/c1-15(20(25)23-17-7-11-18(12-8-17)32(22,27)28)31-21(26)16-5-9-19(10-6-16)33(29,30)24-13-3-2-4-14-24/h5-12,15H,2-4,13-14H2,1H3,(H,23,25)(H2,22,27,28). The molecule has 10 nitrogen and oxygen atoms in total. The highest BCUT2D eigenvalue weighted by Crippen LogP contribution is 2.21. The van der Waals surface area contributed by atoms with Gasteiger partial charge >= 0.3 is 5.97 Å². The molecular weight excluding hydrogens is 470 g/mol. The number of primary sulfonamides is 1. The fourth-order valence-corrected chi connectivity index (χ4v) is 5.30. The van der Waals surface area contributed by atoms with Gasteiger partial charge in [-0.1, -0.05) is 6.42 Å². The molecule has 0 saturated carbocycles. The van der Waals surface area contributed by atoms with Crippen LogP contribution in [-0.2, 0) is 29.6 Å². The number of rotatable bonds is 7. The van der Waals surface area contributed by atoms with Crippen LogP contribution in [0.4, 0.5) is 5.69 Å². The van der Waals surface area contributed by atoms with E-state index in [2.05, 4.69) is 5.32 Å². The lowest BCUT2D eigenvalue weighted by atomic mass is 10.2. The molecule has 0 radical (unpaired) electrons. The molecule has 1 aliphatic rings. The first-order valence-electron chi connectivity index (χ1n) is 10.2. The SMILES string of the molecule is CC(OC(=O)c1ccc(S(=O)(=O)N2CCCCC2)cc1)C(=O)Nc1ccc(S(N)(=O)=O)cc1. The van der Waals surface area contributed by atoms with Gasteiger partial charge in [0.2, 0.25) is 20.0 Å². The minimum absolute atomic E-state index is 0.0923. The average Bonchev–Trinajstić information content (AvgIpc) is 2.79. The Balaban J connectivity index is 1.60. The quantitative estimate of drug-likeness (QED) is 0.554.